The van der Waals surface area contributed by atoms with Gasteiger partial charge in [-0.25, -0.2) is 0 Å². The van der Waals surface area contributed by atoms with Crippen LogP contribution in [-0.2, 0) is 33.8 Å². The number of hydrogen-bond donors (Lipinski definition) is 1. The van der Waals surface area contributed by atoms with Gasteiger partial charge in [0.25, 0.3) is 0 Å². The Bertz CT molecular complexity index is 941. The molecule has 1 heterocycles. The minimum absolute atomic E-state index is 0.106. The summed E-state index contributed by atoms with van der Waals surface area (Å²) in [6, 6.07) is 12.2. The molecule has 2 aromatic carbocycles. The SMILES string of the molecule is CC(=O)Nc1ccc2c(c1)CN(C(=O)Cc1ccc(Cl)cc1)[C@@H](C(=O)N(C)C)C2. The first kappa shape index (κ1) is 20.9. The van der Waals surface area contributed by atoms with Gasteiger partial charge in [-0.2, -0.15) is 0 Å². The Morgan fingerprint density at radius 3 is 2.41 bits per heavy atom. The molecule has 0 bridgehead atoms. The molecule has 0 radical (unpaired) electrons. The number of hydrogen-bond acceptors (Lipinski definition) is 3. The second-order valence-electron chi connectivity index (χ2n) is 7.44. The second-order valence-corrected chi connectivity index (χ2v) is 7.88. The molecule has 1 aliphatic heterocycles. The summed E-state index contributed by atoms with van der Waals surface area (Å²) in [6.07, 6.45) is 0.633. The van der Waals surface area contributed by atoms with Gasteiger partial charge in [0, 0.05) is 44.7 Å². The van der Waals surface area contributed by atoms with E-state index in [1.807, 2.05) is 30.3 Å². The van der Waals surface area contributed by atoms with E-state index in [1.165, 1.54) is 11.8 Å². The van der Waals surface area contributed by atoms with Crippen molar-refractivity contribution in [2.75, 3.05) is 19.4 Å². The van der Waals surface area contributed by atoms with Crippen LogP contribution in [0.25, 0.3) is 0 Å². The lowest BCUT2D eigenvalue weighted by Crippen LogP contribution is -2.52. The van der Waals surface area contributed by atoms with E-state index in [2.05, 4.69) is 5.32 Å². The summed E-state index contributed by atoms with van der Waals surface area (Å²) in [5.41, 5.74) is 3.46. The lowest BCUT2D eigenvalue weighted by molar-refractivity contribution is -0.145. The lowest BCUT2D eigenvalue weighted by atomic mass is 9.92. The average Bonchev–Trinajstić information content (AvgIpc) is 2.67. The molecule has 0 aliphatic carbocycles. The Morgan fingerprint density at radius 1 is 1.10 bits per heavy atom. The zero-order chi connectivity index (χ0) is 21.1. The number of anilines is 1. The van der Waals surface area contributed by atoms with Crippen molar-refractivity contribution in [3.8, 4) is 0 Å². The van der Waals surface area contributed by atoms with Gasteiger partial charge in [-0.05, 0) is 41.0 Å². The third-order valence-corrected chi connectivity index (χ3v) is 5.22. The van der Waals surface area contributed by atoms with Crippen molar-refractivity contribution in [3.63, 3.8) is 0 Å². The van der Waals surface area contributed by atoms with Crippen molar-refractivity contribution in [2.45, 2.75) is 32.4 Å². The number of fused-ring (bicyclic) bond motifs is 1. The van der Waals surface area contributed by atoms with Crippen molar-refractivity contribution in [1.82, 2.24) is 9.80 Å². The maximum Gasteiger partial charge on any atom is 0.245 e. The van der Waals surface area contributed by atoms with Crippen molar-refractivity contribution in [1.29, 1.82) is 0 Å². The van der Waals surface area contributed by atoms with Crippen LogP contribution in [0.5, 0.6) is 0 Å². The van der Waals surface area contributed by atoms with Gasteiger partial charge < -0.3 is 15.1 Å². The minimum atomic E-state index is -0.552. The van der Waals surface area contributed by atoms with Crippen LogP contribution >= 0.6 is 11.6 Å². The number of carbonyl (C=O) groups excluding carboxylic acids is 3. The topological polar surface area (TPSA) is 69.7 Å². The van der Waals surface area contributed by atoms with E-state index in [-0.39, 0.29) is 24.1 Å². The van der Waals surface area contributed by atoms with Crippen molar-refractivity contribution >= 4 is 35.0 Å². The van der Waals surface area contributed by atoms with Crippen LogP contribution < -0.4 is 5.32 Å². The van der Waals surface area contributed by atoms with Crippen LogP contribution in [0, 0.1) is 0 Å². The standard InChI is InChI=1S/C22H24ClN3O3/c1-14(27)24-19-9-6-16-12-20(22(29)25(2)3)26(13-17(16)11-19)21(28)10-15-4-7-18(23)8-5-15/h4-9,11,20H,10,12-13H2,1-3H3,(H,24,27)/t20-/m1/s1. The molecule has 29 heavy (non-hydrogen) atoms. The third kappa shape index (κ3) is 4.95. The first-order valence-electron chi connectivity index (χ1n) is 9.39. The molecule has 1 atom stereocenters. The molecule has 2 aromatic rings. The number of likely N-dealkylation sites (N-methyl/N-ethyl adjacent to an activating group) is 1. The molecule has 3 amide bonds. The number of nitrogens with zero attached hydrogens (tertiary/aromatic N) is 2. The van der Waals surface area contributed by atoms with Crippen LogP contribution in [-0.4, -0.2) is 47.7 Å². The van der Waals surface area contributed by atoms with E-state index in [1.54, 1.807) is 31.1 Å². The van der Waals surface area contributed by atoms with E-state index in [9.17, 15) is 14.4 Å². The van der Waals surface area contributed by atoms with E-state index < -0.39 is 6.04 Å². The first-order chi connectivity index (χ1) is 13.7. The summed E-state index contributed by atoms with van der Waals surface area (Å²) in [7, 11) is 3.39. The Hall–Kier alpha value is -2.86. The smallest absolute Gasteiger partial charge is 0.245 e. The van der Waals surface area contributed by atoms with Crippen molar-refractivity contribution in [3.05, 3.63) is 64.2 Å². The molecular formula is C22H24ClN3O3. The molecule has 0 spiro atoms. The molecule has 0 saturated heterocycles. The highest BCUT2D eigenvalue weighted by molar-refractivity contribution is 6.30. The highest BCUT2D eigenvalue weighted by Gasteiger charge is 2.35. The molecule has 1 N–H and O–H groups in total. The van der Waals surface area contributed by atoms with Gasteiger partial charge in [0.05, 0.1) is 6.42 Å². The molecular weight excluding hydrogens is 390 g/mol. The second kappa shape index (κ2) is 8.66. The molecule has 0 fully saturated rings. The van der Waals surface area contributed by atoms with Crippen LogP contribution in [0.2, 0.25) is 5.02 Å². The maximum atomic E-state index is 13.1. The van der Waals surface area contributed by atoms with Crippen LogP contribution in [0.15, 0.2) is 42.5 Å². The predicted octanol–water partition coefficient (Wildman–Crippen LogP) is 2.88. The summed E-state index contributed by atoms with van der Waals surface area (Å²) in [5.74, 6) is -0.383. The van der Waals surface area contributed by atoms with E-state index in [4.69, 9.17) is 11.6 Å². The number of carbonyl (C=O) groups is 3. The summed E-state index contributed by atoms with van der Waals surface area (Å²) in [4.78, 5) is 40.4. The quantitative estimate of drug-likeness (QED) is 0.837. The fourth-order valence-corrected chi connectivity index (χ4v) is 3.65. The van der Waals surface area contributed by atoms with Gasteiger partial charge in [0.15, 0.2) is 0 Å². The molecule has 0 saturated carbocycles. The highest BCUT2D eigenvalue weighted by atomic mass is 35.5. The molecule has 0 aromatic heterocycles. The zero-order valence-electron chi connectivity index (χ0n) is 16.7. The van der Waals surface area contributed by atoms with Crippen LogP contribution in [0.1, 0.15) is 23.6 Å². The van der Waals surface area contributed by atoms with Crippen LogP contribution in [0.3, 0.4) is 0 Å². The third-order valence-electron chi connectivity index (χ3n) is 4.97. The average molecular weight is 414 g/mol. The molecule has 6 nitrogen and oxygen atoms in total. The number of halogens is 1. The van der Waals surface area contributed by atoms with Crippen molar-refractivity contribution < 1.29 is 14.4 Å². The molecule has 7 heteroatoms. The Kier molecular flexibility index (Phi) is 6.23. The van der Waals surface area contributed by atoms with Crippen LogP contribution in [0.4, 0.5) is 5.69 Å². The summed E-state index contributed by atoms with van der Waals surface area (Å²) >= 11 is 5.93. The summed E-state index contributed by atoms with van der Waals surface area (Å²) in [6.45, 7) is 1.77. The fourth-order valence-electron chi connectivity index (χ4n) is 3.52. The minimum Gasteiger partial charge on any atom is -0.347 e. The van der Waals surface area contributed by atoms with Gasteiger partial charge in [0.2, 0.25) is 17.7 Å². The maximum absolute atomic E-state index is 13.1. The zero-order valence-corrected chi connectivity index (χ0v) is 17.5. The predicted molar refractivity (Wildman–Crippen MR) is 113 cm³/mol. The Morgan fingerprint density at radius 2 is 1.79 bits per heavy atom. The summed E-state index contributed by atoms with van der Waals surface area (Å²) < 4.78 is 0. The van der Waals surface area contributed by atoms with Gasteiger partial charge in [-0.1, -0.05) is 29.8 Å². The number of amides is 3. The molecule has 1 aliphatic rings. The van der Waals surface area contributed by atoms with Gasteiger partial charge in [-0.3, -0.25) is 14.4 Å². The van der Waals surface area contributed by atoms with E-state index in [0.29, 0.717) is 23.7 Å². The largest absolute Gasteiger partial charge is 0.347 e. The molecule has 3 rings (SSSR count). The first-order valence-corrected chi connectivity index (χ1v) is 9.77. The van der Waals surface area contributed by atoms with Gasteiger partial charge in [0.1, 0.15) is 6.04 Å². The monoisotopic (exact) mass is 413 g/mol. The fraction of sp³-hybridized carbons (Fsp3) is 0.318. The van der Waals surface area contributed by atoms with E-state index >= 15 is 0 Å². The highest BCUT2D eigenvalue weighted by Crippen LogP contribution is 2.28. The van der Waals surface area contributed by atoms with Gasteiger partial charge in [-0.15, -0.1) is 0 Å². The Balaban J connectivity index is 1.89. The summed E-state index contributed by atoms with van der Waals surface area (Å²) in [5, 5.41) is 3.38. The van der Waals surface area contributed by atoms with Crippen molar-refractivity contribution in [2.24, 2.45) is 0 Å². The normalized spacial score (nSPS) is 15.4. The molecule has 0 unspecified atom stereocenters. The van der Waals surface area contributed by atoms with Gasteiger partial charge >= 0.3 is 0 Å². The van der Waals surface area contributed by atoms with E-state index in [0.717, 1.165) is 16.7 Å². The number of benzene rings is 2. The number of rotatable bonds is 4. The molecule has 152 valence electrons. The Labute approximate surface area is 175 Å². The lowest BCUT2D eigenvalue weighted by Gasteiger charge is -2.37. The number of nitrogens with one attached hydrogen (secondary N) is 1.